The van der Waals surface area contributed by atoms with Crippen LogP contribution < -0.4 is 14.5 Å². The first kappa shape index (κ1) is 17.9. The summed E-state index contributed by atoms with van der Waals surface area (Å²) in [6.07, 6.45) is 0. The summed E-state index contributed by atoms with van der Waals surface area (Å²) in [4.78, 5) is 30.9. The number of carbonyl (C=O) groups is 2. The van der Waals surface area contributed by atoms with Gasteiger partial charge >= 0.3 is 0 Å². The van der Waals surface area contributed by atoms with Crippen LogP contribution in [0, 0.1) is 0 Å². The number of rotatable bonds is 2. The van der Waals surface area contributed by atoms with Crippen molar-refractivity contribution in [2.24, 2.45) is 0 Å². The summed E-state index contributed by atoms with van der Waals surface area (Å²) in [6.45, 7) is 1.88. The van der Waals surface area contributed by atoms with Crippen LogP contribution in [0.4, 0.5) is 11.4 Å². The Kier molecular flexibility index (Phi) is 4.78. The van der Waals surface area contributed by atoms with Crippen LogP contribution in [0.1, 0.15) is 5.56 Å². The van der Waals surface area contributed by atoms with Crippen LogP contribution in [0.25, 0.3) is 0 Å². The third-order valence-electron chi connectivity index (χ3n) is 4.98. The topological polar surface area (TPSA) is 53.1 Å². The average Bonchev–Trinajstić information content (AvgIpc) is 2.83. The van der Waals surface area contributed by atoms with E-state index in [1.807, 2.05) is 42.3 Å². The Balaban J connectivity index is 1.55. The molecular formula is C20H20BrN3O3. The molecular weight excluding hydrogens is 410 g/mol. The van der Waals surface area contributed by atoms with Crippen molar-refractivity contribution in [2.75, 3.05) is 43.1 Å². The highest BCUT2D eigenvalue weighted by Crippen LogP contribution is 2.34. The Hall–Kier alpha value is -2.54. The van der Waals surface area contributed by atoms with E-state index in [0.717, 1.165) is 22.3 Å². The molecule has 140 valence electrons. The fraction of sp³-hybridized carbons (Fsp3) is 0.300. The maximum atomic E-state index is 13.0. The summed E-state index contributed by atoms with van der Waals surface area (Å²) in [7, 11) is 2.03. The predicted octanol–water partition coefficient (Wildman–Crippen LogP) is 2.65. The number of ether oxygens (including phenoxy) is 1. The zero-order valence-corrected chi connectivity index (χ0v) is 16.6. The van der Waals surface area contributed by atoms with Crippen LogP contribution in [-0.2, 0) is 16.1 Å². The van der Waals surface area contributed by atoms with Gasteiger partial charge in [0.15, 0.2) is 6.61 Å². The summed E-state index contributed by atoms with van der Waals surface area (Å²) in [5.41, 5.74) is 2.89. The van der Waals surface area contributed by atoms with Crippen LogP contribution in [0.3, 0.4) is 0 Å². The van der Waals surface area contributed by atoms with Gasteiger partial charge in [-0.05, 0) is 29.8 Å². The Morgan fingerprint density at radius 2 is 1.96 bits per heavy atom. The zero-order valence-electron chi connectivity index (χ0n) is 15.0. The quantitative estimate of drug-likeness (QED) is 0.736. The van der Waals surface area contributed by atoms with Crippen LogP contribution in [0.2, 0.25) is 0 Å². The van der Waals surface area contributed by atoms with E-state index in [2.05, 4.69) is 26.9 Å². The summed E-state index contributed by atoms with van der Waals surface area (Å²) in [5, 5.41) is 0. The van der Waals surface area contributed by atoms with Crippen molar-refractivity contribution in [3.8, 4) is 5.75 Å². The van der Waals surface area contributed by atoms with Gasteiger partial charge in [-0.25, -0.2) is 0 Å². The maximum Gasteiger partial charge on any atom is 0.265 e. The zero-order chi connectivity index (χ0) is 19.0. The lowest BCUT2D eigenvalue weighted by atomic mass is 10.1. The predicted molar refractivity (Wildman–Crippen MR) is 107 cm³/mol. The molecule has 0 saturated carbocycles. The van der Waals surface area contributed by atoms with Gasteiger partial charge in [0, 0.05) is 36.8 Å². The number of para-hydroxylation sites is 1. The van der Waals surface area contributed by atoms with Gasteiger partial charge in [0.05, 0.1) is 5.69 Å². The van der Waals surface area contributed by atoms with Crippen LogP contribution >= 0.6 is 15.9 Å². The van der Waals surface area contributed by atoms with E-state index in [4.69, 9.17) is 4.74 Å². The first-order chi connectivity index (χ1) is 13.0. The highest BCUT2D eigenvalue weighted by molar-refractivity contribution is 9.10. The van der Waals surface area contributed by atoms with Crippen LogP contribution in [0.5, 0.6) is 5.75 Å². The minimum absolute atomic E-state index is 0.0166. The fourth-order valence-electron chi connectivity index (χ4n) is 3.49. The molecule has 2 aliphatic heterocycles. The van der Waals surface area contributed by atoms with Crippen molar-refractivity contribution in [3.63, 3.8) is 0 Å². The van der Waals surface area contributed by atoms with E-state index in [9.17, 15) is 9.59 Å². The van der Waals surface area contributed by atoms with Crippen LogP contribution in [0.15, 0.2) is 46.9 Å². The molecule has 0 aliphatic carbocycles. The minimum atomic E-state index is -0.203. The third kappa shape index (κ3) is 3.51. The van der Waals surface area contributed by atoms with Gasteiger partial charge in [-0.3, -0.25) is 14.5 Å². The normalized spacial score (nSPS) is 16.4. The van der Waals surface area contributed by atoms with E-state index >= 15 is 0 Å². The first-order valence-corrected chi connectivity index (χ1v) is 9.62. The summed E-state index contributed by atoms with van der Waals surface area (Å²) in [5.74, 6) is 0.340. The molecule has 27 heavy (non-hydrogen) atoms. The Labute approximate surface area is 166 Å². The second kappa shape index (κ2) is 7.23. The molecule has 0 spiro atoms. The van der Waals surface area contributed by atoms with Crippen molar-refractivity contribution in [3.05, 3.63) is 52.5 Å². The lowest BCUT2D eigenvalue weighted by Crippen LogP contribution is -2.47. The largest absolute Gasteiger partial charge is 0.482 e. The number of fused-ring (bicyclic) bond motifs is 2. The van der Waals surface area contributed by atoms with Gasteiger partial charge in [-0.1, -0.05) is 34.1 Å². The molecule has 2 aromatic carbocycles. The molecule has 0 aromatic heterocycles. The third-order valence-corrected chi connectivity index (χ3v) is 5.47. The molecule has 0 atom stereocenters. The van der Waals surface area contributed by atoms with Crippen molar-refractivity contribution >= 4 is 39.1 Å². The smallest absolute Gasteiger partial charge is 0.265 e. The van der Waals surface area contributed by atoms with Crippen molar-refractivity contribution in [1.82, 2.24) is 4.90 Å². The molecule has 2 aliphatic rings. The van der Waals surface area contributed by atoms with Gasteiger partial charge in [0.1, 0.15) is 12.3 Å². The first-order valence-electron chi connectivity index (χ1n) is 8.82. The highest BCUT2D eigenvalue weighted by Gasteiger charge is 2.30. The molecule has 2 amide bonds. The minimum Gasteiger partial charge on any atom is -0.482 e. The van der Waals surface area contributed by atoms with E-state index in [1.54, 1.807) is 6.07 Å². The second-order valence-electron chi connectivity index (χ2n) is 6.75. The van der Waals surface area contributed by atoms with Crippen molar-refractivity contribution in [2.45, 2.75) is 6.54 Å². The van der Waals surface area contributed by atoms with Crippen molar-refractivity contribution < 1.29 is 14.3 Å². The Bertz CT molecular complexity index is 902. The lowest BCUT2D eigenvalue weighted by molar-refractivity contribution is -0.132. The molecule has 2 heterocycles. The number of anilines is 2. The number of carbonyl (C=O) groups excluding carboxylic acids is 2. The van der Waals surface area contributed by atoms with E-state index in [-0.39, 0.29) is 25.0 Å². The number of likely N-dealkylation sites (N-methyl/N-ethyl adjacent to an activating group) is 1. The number of nitrogens with zero attached hydrogens (tertiary/aromatic N) is 3. The molecule has 2 aromatic rings. The second-order valence-corrected chi connectivity index (χ2v) is 7.66. The average molecular weight is 430 g/mol. The number of hydrogen-bond donors (Lipinski definition) is 0. The van der Waals surface area contributed by atoms with Gasteiger partial charge < -0.3 is 14.5 Å². The maximum absolute atomic E-state index is 13.0. The lowest BCUT2D eigenvalue weighted by Gasteiger charge is -2.31. The monoisotopic (exact) mass is 429 g/mol. The standard InChI is InChI=1S/C20H20BrN3O3/c1-22-8-9-23(11-14-4-2-3-5-16(14)22)19(25)12-24-17-7-6-15(21)10-18(17)27-13-20(24)26/h2-7,10H,8-9,11-13H2,1H3. The molecule has 0 radical (unpaired) electrons. The summed E-state index contributed by atoms with van der Waals surface area (Å²) < 4.78 is 6.37. The Morgan fingerprint density at radius 3 is 2.81 bits per heavy atom. The molecule has 0 bridgehead atoms. The summed E-state index contributed by atoms with van der Waals surface area (Å²) in [6, 6.07) is 13.6. The molecule has 7 heteroatoms. The van der Waals surface area contributed by atoms with Gasteiger partial charge in [-0.2, -0.15) is 0 Å². The molecule has 0 saturated heterocycles. The van der Waals surface area contributed by atoms with E-state index in [0.29, 0.717) is 24.5 Å². The molecule has 6 nitrogen and oxygen atoms in total. The molecule has 0 unspecified atom stereocenters. The molecule has 4 rings (SSSR count). The molecule has 0 fully saturated rings. The Morgan fingerprint density at radius 1 is 1.15 bits per heavy atom. The van der Waals surface area contributed by atoms with E-state index < -0.39 is 0 Å². The van der Waals surface area contributed by atoms with Crippen LogP contribution in [-0.4, -0.2) is 50.0 Å². The SMILES string of the molecule is CN1CCN(C(=O)CN2C(=O)COc3cc(Br)ccc32)Cc2ccccc21. The number of benzene rings is 2. The van der Waals surface area contributed by atoms with E-state index in [1.165, 1.54) is 4.90 Å². The number of amides is 2. The number of hydrogen-bond acceptors (Lipinski definition) is 4. The van der Waals surface area contributed by atoms with Gasteiger partial charge in [0.25, 0.3) is 5.91 Å². The van der Waals surface area contributed by atoms with Gasteiger partial charge in [-0.15, -0.1) is 0 Å². The number of halogens is 1. The van der Waals surface area contributed by atoms with Gasteiger partial charge in [0.2, 0.25) is 5.91 Å². The fourth-order valence-corrected chi connectivity index (χ4v) is 3.83. The van der Waals surface area contributed by atoms with Crippen molar-refractivity contribution in [1.29, 1.82) is 0 Å². The highest BCUT2D eigenvalue weighted by atomic mass is 79.9. The molecule has 0 N–H and O–H groups in total. The summed E-state index contributed by atoms with van der Waals surface area (Å²) >= 11 is 3.41.